The molecule has 0 bridgehead atoms. The highest BCUT2D eigenvalue weighted by Crippen LogP contribution is 2.35. The summed E-state index contributed by atoms with van der Waals surface area (Å²) >= 11 is 0. The molecule has 2 amide bonds. The molecule has 0 spiro atoms. The zero-order valence-electron chi connectivity index (χ0n) is 21.0. The van der Waals surface area contributed by atoms with E-state index < -0.39 is 11.6 Å². The Hall–Kier alpha value is -3.26. The molecule has 1 aliphatic heterocycles. The quantitative estimate of drug-likeness (QED) is 0.604. The van der Waals surface area contributed by atoms with Gasteiger partial charge in [0.2, 0.25) is 5.91 Å². The number of guanidine groups is 1. The molecule has 0 saturated carbocycles. The van der Waals surface area contributed by atoms with Gasteiger partial charge in [-0.2, -0.15) is 0 Å². The number of nitrogens with two attached hydrogens (primary N) is 1. The molecule has 0 radical (unpaired) electrons. The van der Waals surface area contributed by atoms with Gasteiger partial charge in [-0.15, -0.1) is 0 Å². The minimum Gasteiger partial charge on any atom is -0.385 e. The summed E-state index contributed by atoms with van der Waals surface area (Å²) in [5.74, 6) is 0.0766. The lowest BCUT2D eigenvalue weighted by Crippen LogP contribution is -2.53. The SMILES string of the molecule is COCC[C@H](c1cncc(C(=O)N[C@H]2CCc3ccccc32)c1)N1C(=O)C[C@@](C)(C(C)C)N=C1N. The molecule has 35 heavy (non-hydrogen) atoms. The number of aryl methyl sites for hydroxylation is 1. The van der Waals surface area contributed by atoms with Gasteiger partial charge < -0.3 is 15.8 Å². The molecule has 186 valence electrons. The molecule has 0 unspecified atom stereocenters. The van der Waals surface area contributed by atoms with E-state index in [-0.39, 0.29) is 36.2 Å². The fraction of sp³-hybridized carbons (Fsp3) is 0.481. The van der Waals surface area contributed by atoms with Crippen LogP contribution in [0.5, 0.6) is 0 Å². The lowest BCUT2D eigenvalue weighted by Gasteiger charge is -2.40. The summed E-state index contributed by atoms with van der Waals surface area (Å²) in [6.07, 6.45) is 5.82. The minimum atomic E-state index is -0.541. The first-order valence-electron chi connectivity index (χ1n) is 12.2. The number of carbonyl (C=O) groups is 2. The predicted molar refractivity (Wildman–Crippen MR) is 135 cm³/mol. The molecular formula is C27H35N5O3. The zero-order valence-corrected chi connectivity index (χ0v) is 21.0. The van der Waals surface area contributed by atoms with Gasteiger partial charge in [0, 0.05) is 26.1 Å². The lowest BCUT2D eigenvalue weighted by atomic mass is 9.84. The number of amides is 2. The van der Waals surface area contributed by atoms with Crippen LogP contribution in [0.25, 0.3) is 0 Å². The van der Waals surface area contributed by atoms with Crippen molar-refractivity contribution in [2.24, 2.45) is 16.6 Å². The maximum Gasteiger partial charge on any atom is 0.253 e. The van der Waals surface area contributed by atoms with Crippen molar-refractivity contribution >= 4 is 17.8 Å². The Bertz CT molecular complexity index is 1130. The number of hydrogen-bond donors (Lipinski definition) is 2. The number of aromatic nitrogens is 1. The predicted octanol–water partition coefficient (Wildman–Crippen LogP) is 3.54. The van der Waals surface area contributed by atoms with Gasteiger partial charge in [0.1, 0.15) is 0 Å². The van der Waals surface area contributed by atoms with Gasteiger partial charge in [-0.1, -0.05) is 38.1 Å². The van der Waals surface area contributed by atoms with Crippen molar-refractivity contribution in [1.29, 1.82) is 0 Å². The van der Waals surface area contributed by atoms with Crippen LogP contribution in [0.3, 0.4) is 0 Å². The molecule has 2 aliphatic rings. The first-order chi connectivity index (χ1) is 16.7. The number of benzene rings is 1. The third-order valence-electron chi connectivity index (χ3n) is 7.39. The van der Waals surface area contributed by atoms with E-state index in [2.05, 4.69) is 22.4 Å². The maximum absolute atomic E-state index is 13.3. The highest BCUT2D eigenvalue weighted by atomic mass is 16.5. The standard InChI is InChI=1S/C27H35N5O3/c1-17(2)27(3)14-24(33)32(26(28)31-27)23(11-12-35-4)19-13-20(16-29-15-19)25(34)30-22-10-9-18-7-5-6-8-21(18)22/h5-8,13,15-17,22-23H,9-12,14H2,1-4H3,(H2,28,31)(H,30,34)/t22-,23+,27-/m0/s1. The number of nitrogens with zero attached hydrogens (tertiary/aromatic N) is 3. The summed E-state index contributed by atoms with van der Waals surface area (Å²) in [6, 6.07) is 9.53. The second-order valence-electron chi connectivity index (χ2n) is 9.99. The van der Waals surface area contributed by atoms with E-state index in [0.717, 1.165) is 18.4 Å². The molecule has 1 aliphatic carbocycles. The number of methoxy groups -OCH3 is 1. The smallest absolute Gasteiger partial charge is 0.253 e. The van der Waals surface area contributed by atoms with Crippen LogP contribution in [-0.2, 0) is 16.0 Å². The summed E-state index contributed by atoms with van der Waals surface area (Å²) in [7, 11) is 1.62. The Morgan fingerprint density at radius 2 is 2.09 bits per heavy atom. The van der Waals surface area contributed by atoms with Crippen molar-refractivity contribution in [3.8, 4) is 0 Å². The summed E-state index contributed by atoms with van der Waals surface area (Å²) < 4.78 is 5.32. The van der Waals surface area contributed by atoms with Gasteiger partial charge in [-0.3, -0.25) is 19.5 Å². The Labute approximate surface area is 207 Å². The first-order valence-corrected chi connectivity index (χ1v) is 12.2. The van der Waals surface area contributed by atoms with E-state index in [1.54, 1.807) is 25.6 Å². The van der Waals surface area contributed by atoms with Crippen LogP contribution in [0.1, 0.15) is 79.2 Å². The number of fused-ring (bicyclic) bond motifs is 1. The van der Waals surface area contributed by atoms with Crippen molar-refractivity contribution in [2.75, 3.05) is 13.7 Å². The van der Waals surface area contributed by atoms with Crippen LogP contribution in [0, 0.1) is 5.92 Å². The van der Waals surface area contributed by atoms with Gasteiger partial charge in [-0.05, 0) is 54.9 Å². The van der Waals surface area contributed by atoms with E-state index in [0.29, 0.717) is 18.6 Å². The Morgan fingerprint density at radius 1 is 1.31 bits per heavy atom. The number of rotatable bonds is 8. The second kappa shape index (κ2) is 10.2. The summed E-state index contributed by atoms with van der Waals surface area (Å²) in [5.41, 5.74) is 9.43. The van der Waals surface area contributed by atoms with Gasteiger partial charge >= 0.3 is 0 Å². The lowest BCUT2D eigenvalue weighted by molar-refractivity contribution is -0.132. The third kappa shape index (κ3) is 5.07. The highest BCUT2D eigenvalue weighted by Gasteiger charge is 2.41. The average Bonchev–Trinajstić information content (AvgIpc) is 3.23. The molecule has 0 saturated heterocycles. The first kappa shape index (κ1) is 24.9. The molecule has 0 fully saturated rings. The summed E-state index contributed by atoms with van der Waals surface area (Å²) in [6.45, 7) is 6.45. The minimum absolute atomic E-state index is 0.0215. The number of nitrogens with one attached hydrogen (secondary N) is 1. The van der Waals surface area contributed by atoms with Crippen LogP contribution in [0.2, 0.25) is 0 Å². The Balaban J connectivity index is 1.60. The molecule has 1 aromatic heterocycles. The van der Waals surface area contributed by atoms with Crippen LogP contribution in [-0.4, -0.2) is 46.9 Å². The van der Waals surface area contributed by atoms with E-state index in [9.17, 15) is 9.59 Å². The van der Waals surface area contributed by atoms with Gasteiger partial charge in [-0.25, -0.2) is 4.99 Å². The molecule has 2 heterocycles. The van der Waals surface area contributed by atoms with E-state index in [4.69, 9.17) is 15.5 Å². The fourth-order valence-electron chi connectivity index (χ4n) is 4.93. The van der Waals surface area contributed by atoms with Crippen LogP contribution in [0.15, 0.2) is 47.7 Å². The molecule has 8 heteroatoms. The maximum atomic E-state index is 13.3. The van der Waals surface area contributed by atoms with E-state index in [1.807, 2.05) is 32.9 Å². The van der Waals surface area contributed by atoms with Crippen molar-refractivity contribution in [2.45, 2.75) is 64.1 Å². The van der Waals surface area contributed by atoms with Crippen LogP contribution in [0.4, 0.5) is 0 Å². The molecular weight excluding hydrogens is 442 g/mol. The second-order valence-corrected chi connectivity index (χ2v) is 9.99. The Morgan fingerprint density at radius 3 is 2.80 bits per heavy atom. The van der Waals surface area contributed by atoms with Crippen LogP contribution < -0.4 is 11.1 Å². The molecule has 3 N–H and O–H groups in total. The monoisotopic (exact) mass is 477 g/mol. The van der Waals surface area contributed by atoms with E-state index in [1.165, 1.54) is 16.0 Å². The number of aliphatic imine (C=N–C) groups is 1. The average molecular weight is 478 g/mol. The molecule has 2 aromatic rings. The van der Waals surface area contributed by atoms with Gasteiger partial charge in [0.15, 0.2) is 5.96 Å². The number of pyridine rings is 1. The summed E-state index contributed by atoms with van der Waals surface area (Å²) in [5, 5.41) is 3.15. The highest BCUT2D eigenvalue weighted by molar-refractivity contribution is 5.99. The molecule has 3 atom stereocenters. The van der Waals surface area contributed by atoms with Crippen molar-refractivity contribution in [3.63, 3.8) is 0 Å². The van der Waals surface area contributed by atoms with Gasteiger partial charge in [0.05, 0.1) is 29.6 Å². The molecule has 1 aromatic carbocycles. The van der Waals surface area contributed by atoms with Crippen LogP contribution >= 0.6 is 0 Å². The zero-order chi connectivity index (χ0) is 25.2. The number of carbonyl (C=O) groups excluding carboxylic acids is 2. The Kier molecular flexibility index (Phi) is 7.21. The topological polar surface area (TPSA) is 110 Å². The summed E-state index contributed by atoms with van der Waals surface area (Å²) in [4.78, 5) is 37.0. The van der Waals surface area contributed by atoms with Crippen molar-refractivity contribution < 1.29 is 14.3 Å². The molecule has 4 rings (SSSR count). The fourth-order valence-corrected chi connectivity index (χ4v) is 4.93. The normalized spacial score (nSPS) is 22.7. The number of ether oxygens (including phenoxy) is 1. The number of hydrogen-bond acceptors (Lipinski definition) is 6. The van der Waals surface area contributed by atoms with E-state index >= 15 is 0 Å². The largest absolute Gasteiger partial charge is 0.385 e. The van der Waals surface area contributed by atoms with Gasteiger partial charge in [0.25, 0.3) is 5.91 Å². The third-order valence-corrected chi connectivity index (χ3v) is 7.39. The van der Waals surface area contributed by atoms with Crippen molar-refractivity contribution in [3.05, 3.63) is 65.0 Å². The van der Waals surface area contributed by atoms with Crippen molar-refractivity contribution in [1.82, 2.24) is 15.2 Å². The molecule has 8 nitrogen and oxygen atoms in total.